The summed E-state index contributed by atoms with van der Waals surface area (Å²) in [7, 11) is 1.83. The first kappa shape index (κ1) is 16.7. The van der Waals surface area contributed by atoms with Crippen molar-refractivity contribution >= 4 is 44.9 Å². The maximum Gasteiger partial charge on any atom is 0.349 e. The summed E-state index contributed by atoms with van der Waals surface area (Å²) >= 11 is 7.19. The molecule has 0 aliphatic heterocycles. The van der Waals surface area contributed by atoms with Crippen LogP contribution in [-0.4, -0.2) is 27.6 Å². The zero-order valence-electron chi connectivity index (χ0n) is 13.4. The highest BCUT2D eigenvalue weighted by Crippen LogP contribution is 2.28. The van der Waals surface area contributed by atoms with Gasteiger partial charge in [-0.3, -0.25) is 9.48 Å². The highest BCUT2D eigenvalue weighted by atomic mass is 35.5. The molecule has 3 aromatic rings. The molecule has 0 bridgehead atoms. The second kappa shape index (κ2) is 6.37. The summed E-state index contributed by atoms with van der Waals surface area (Å²) in [5.41, 5.74) is 1.27. The molecule has 2 aromatic heterocycles. The molecule has 0 radical (unpaired) electrons. The Labute approximate surface area is 147 Å². The molecule has 7 heteroatoms. The van der Waals surface area contributed by atoms with Crippen LogP contribution in [0, 0.1) is 6.92 Å². The number of fused-ring (bicyclic) bond motifs is 1. The second-order valence-corrected chi connectivity index (χ2v) is 6.93. The van der Waals surface area contributed by atoms with E-state index >= 15 is 0 Å². The van der Waals surface area contributed by atoms with Gasteiger partial charge in [-0.25, -0.2) is 4.79 Å². The standard InChI is InChI=1S/C17H15ClN2O3S/c1-9-13-8-14(24-16(13)20(3)19-9)17(22)23-10(2)15(21)11-5-4-6-12(18)7-11/h4-8,10H,1-3H3. The van der Waals surface area contributed by atoms with Crippen LogP contribution in [0.4, 0.5) is 0 Å². The number of hydrogen-bond donors (Lipinski definition) is 0. The molecule has 3 rings (SSSR count). The van der Waals surface area contributed by atoms with E-state index in [9.17, 15) is 9.59 Å². The van der Waals surface area contributed by atoms with Crippen LogP contribution in [0.1, 0.15) is 32.6 Å². The zero-order chi connectivity index (χ0) is 17.4. The van der Waals surface area contributed by atoms with Crippen LogP contribution in [0.2, 0.25) is 5.02 Å². The van der Waals surface area contributed by atoms with Crippen LogP contribution in [0.5, 0.6) is 0 Å². The van der Waals surface area contributed by atoms with Gasteiger partial charge in [-0.15, -0.1) is 11.3 Å². The molecule has 0 aliphatic rings. The third-order valence-corrected chi connectivity index (χ3v) is 5.08. The van der Waals surface area contributed by atoms with Gasteiger partial charge >= 0.3 is 5.97 Å². The van der Waals surface area contributed by atoms with Crippen molar-refractivity contribution in [2.45, 2.75) is 20.0 Å². The van der Waals surface area contributed by atoms with Crippen LogP contribution in [0.15, 0.2) is 30.3 Å². The summed E-state index contributed by atoms with van der Waals surface area (Å²) in [6.07, 6.45) is -0.889. The number of halogens is 1. The molecule has 0 saturated heterocycles. The van der Waals surface area contributed by atoms with Crippen LogP contribution in [0.3, 0.4) is 0 Å². The predicted molar refractivity (Wildman–Crippen MR) is 94.0 cm³/mol. The van der Waals surface area contributed by atoms with Crippen LogP contribution < -0.4 is 0 Å². The number of Topliss-reactive ketones (excluding diaryl/α,β-unsaturated/α-hetero) is 1. The number of carbonyl (C=O) groups excluding carboxylic acids is 2. The van der Waals surface area contributed by atoms with Crippen molar-refractivity contribution in [3.05, 3.63) is 51.5 Å². The molecule has 5 nitrogen and oxygen atoms in total. The van der Waals surface area contributed by atoms with Gasteiger partial charge in [0.1, 0.15) is 9.71 Å². The third kappa shape index (κ3) is 3.07. The first-order valence-electron chi connectivity index (χ1n) is 7.30. The van der Waals surface area contributed by atoms with E-state index in [-0.39, 0.29) is 5.78 Å². The Kier molecular flexibility index (Phi) is 4.43. The highest BCUT2D eigenvalue weighted by molar-refractivity contribution is 7.20. The molecule has 124 valence electrons. The predicted octanol–water partition coefficient (Wildman–Crippen LogP) is 4.02. The van der Waals surface area contributed by atoms with E-state index < -0.39 is 12.1 Å². The Bertz CT molecular complexity index is 910. The Balaban J connectivity index is 1.77. The fourth-order valence-corrected chi connectivity index (χ4v) is 3.65. The number of aryl methyl sites for hydroxylation is 2. The Morgan fingerprint density at radius 2 is 2.08 bits per heavy atom. The number of nitrogens with zero attached hydrogens (tertiary/aromatic N) is 2. The van der Waals surface area contributed by atoms with Crippen molar-refractivity contribution in [3.8, 4) is 0 Å². The number of ether oxygens (including phenoxy) is 1. The second-order valence-electron chi connectivity index (χ2n) is 5.46. The number of rotatable bonds is 4. The molecule has 0 amide bonds. The summed E-state index contributed by atoms with van der Waals surface area (Å²) in [4.78, 5) is 26.0. The lowest BCUT2D eigenvalue weighted by Crippen LogP contribution is -2.24. The lowest BCUT2D eigenvalue weighted by molar-refractivity contribution is 0.0323. The number of esters is 1. The smallest absolute Gasteiger partial charge is 0.349 e. The monoisotopic (exact) mass is 362 g/mol. The normalized spacial score (nSPS) is 12.3. The molecule has 1 unspecified atom stereocenters. The Hall–Kier alpha value is -2.18. The molecule has 0 spiro atoms. The van der Waals surface area contributed by atoms with Gasteiger partial charge in [0.15, 0.2) is 6.10 Å². The molecule has 1 aromatic carbocycles. The van der Waals surface area contributed by atoms with Gasteiger partial charge in [0.25, 0.3) is 0 Å². The summed E-state index contributed by atoms with van der Waals surface area (Å²) in [5, 5.41) is 5.68. The molecule has 1 atom stereocenters. The minimum atomic E-state index is -0.889. The summed E-state index contributed by atoms with van der Waals surface area (Å²) < 4.78 is 7.05. The zero-order valence-corrected chi connectivity index (χ0v) is 14.9. The van der Waals surface area contributed by atoms with E-state index in [2.05, 4.69) is 5.10 Å². The molecule has 0 aliphatic carbocycles. The first-order valence-corrected chi connectivity index (χ1v) is 8.50. The van der Waals surface area contributed by atoms with E-state index in [1.165, 1.54) is 11.3 Å². The number of thiophene rings is 1. The van der Waals surface area contributed by atoms with Crippen LogP contribution >= 0.6 is 22.9 Å². The van der Waals surface area contributed by atoms with Gasteiger partial charge in [0, 0.05) is 23.0 Å². The van der Waals surface area contributed by atoms with Crippen molar-refractivity contribution in [1.82, 2.24) is 9.78 Å². The summed E-state index contributed by atoms with van der Waals surface area (Å²) in [6, 6.07) is 8.32. The largest absolute Gasteiger partial charge is 0.450 e. The number of ketones is 1. The SMILES string of the molecule is Cc1nn(C)c2sc(C(=O)OC(C)C(=O)c3cccc(Cl)c3)cc12. The molecular weight excluding hydrogens is 348 g/mol. The highest BCUT2D eigenvalue weighted by Gasteiger charge is 2.23. The quantitative estimate of drug-likeness (QED) is 0.519. The first-order chi connectivity index (χ1) is 11.4. The average molecular weight is 363 g/mol. The number of aromatic nitrogens is 2. The van der Waals surface area contributed by atoms with E-state index in [1.54, 1.807) is 41.9 Å². The van der Waals surface area contributed by atoms with Gasteiger partial charge in [0.05, 0.1) is 5.69 Å². The van der Waals surface area contributed by atoms with E-state index in [4.69, 9.17) is 16.3 Å². The molecular formula is C17H15ClN2O3S. The Morgan fingerprint density at radius 3 is 2.75 bits per heavy atom. The lowest BCUT2D eigenvalue weighted by Gasteiger charge is -2.11. The van der Waals surface area contributed by atoms with Gasteiger partial charge < -0.3 is 4.74 Å². The Morgan fingerprint density at radius 1 is 1.33 bits per heavy atom. The molecule has 0 N–H and O–H groups in total. The van der Waals surface area contributed by atoms with Crippen LogP contribution in [0.25, 0.3) is 10.2 Å². The number of carbonyl (C=O) groups is 2. The molecule has 0 saturated carbocycles. The topological polar surface area (TPSA) is 61.2 Å². The van der Waals surface area contributed by atoms with Gasteiger partial charge in [-0.2, -0.15) is 5.10 Å². The molecule has 2 heterocycles. The minimum Gasteiger partial charge on any atom is -0.450 e. The maximum absolute atomic E-state index is 12.3. The van der Waals surface area contributed by atoms with E-state index in [0.717, 1.165) is 15.9 Å². The minimum absolute atomic E-state index is 0.287. The maximum atomic E-state index is 12.3. The van der Waals surface area contributed by atoms with Crippen molar-refractivity contribution in [3.63, 3.8) is 0 Å². The van der Waals surface area contributed by atoms with Gasteiger partial charge in [-0.1, -0.05) is 23.7 Å². The van der Waals surface area contributed by atoms with E-state index in [1.807, 2.05) is 14.0 Å². The lowest BCUT2D eigenvalue weighted by atomic mass is 10.1. The van der Waals surface area contributed by atoms with Gasteiger partial charge in [0.2, 0.25) is 5.78 Å². The van der Waals surface area contributed by atoms with Crippen molar-refractivity contribution in [2.24, 2.45) is 7.05 Å². The summed E-state index contributed by atoms with van der Waals surface area (Å²) in [5.74, 6) is -0.803. The number of hydrogen-bond acceptors (Lipinski definition) is 5. The summed E-state index contributed by atoms with van der Waals surface area (Å²) in [6.45, 7) is 3.44. The van der Waals surface area contributed by atoms with E-state index in [0.29, 0.717) is 15.5 Å². The number of benzene rings is 1. The third-order valence-electron chi connectivity index (χ3n) is 3.66. The van der Waals surface area contributed by atoms with Crippen molar-refractivity contribution in [1.29, 1.82) is 0 Å². The molecule has 24 heavy (non-hydrogen) atoms. The van der Waals surface area contributed by atoms with Crippen molar-refractivity contribution < 1.29 is 14.3 Å². The average Bonchev–Trinajstić information content (AvgIpc) is 3.09. The van der Waals surface area contributed by atoms with Crippen molar-refractivity contribution in [2.75, 3.05) is 0 Å². The fourth-order valence-electron chi connectivity index (χ4n) is 2.45. The van der Waals surface area contributed by atoms with Gasteiger partial charge in [-0.05, 0) is 32.0 Å². The van der Waals surface area contributed by atoms with Crippen LogP contribution in [-0.2, 0) is 11.8 Å². The fraction of sp³-hybridized carbons (Fsp3) is 0.235. The molecule has 0 fully saturated rings.